The number of ether oxygens (including phenoxy) is 5. The summed E-state index contributed by atoms with van der Waals surface area (Å²) < 4.78 is 29.2. The van der Waals surface area contributed by atoms with E-state index in [0.717, 1.165) is 11.1 Å². The van der Waals surface area contributed by atoms with Crippen molar-refractivity contribution in [2.75, 3.05) is 39.5 Å². The molecule has 306 valence electrons. The number of nitrogens with one attached hydrogen (secondary N) is 1. The monoisotopic (exact) mass is 825 g/mol. The SMILES string of the molecule is COc1cc2cc(c1Cl)N(C)C(=O)C[C@H](OC(=O)[C@@H](C)N(C)C(=O)CCC(C)(C)SSC)[C@]1(C)OC1[C@H](C)[C@@H]1C[C@@](O)(NC(=O)O1)[C@H](OC)/C=C/C=C(\C)C2. The average molecular weight is 826 g/mol. The Morgan fingerprint density at radius 3 is 2.58 bits per heavy atom. The van der Waals surface area contributed by atoms with Gasteiger partial charge in [0.05, 0.1) is 25.3 Å². The minimum Gasteiger partial charge on any atom is -0.495 e. The Hall–Kier alpha value is -2.95. The Balaban J connectivity index is 1.71. The molecule has 2 fully saturated rings. The van der Waals surface area contributed by atoms with E-state index in [4.69, 9.17) is 35.3 Å². The van der Waals surface area contributed by atoms with Crippen LogP contribution < -0.4 is 15.0 Å². The van der Waals surface area contributed by atoms with Crippen LogP contribution in [0.3, 0.4) is 0 Å². The molecule has 0 spiro atoms. The number of rotatable bonds is 10. The number of halogens is 1. The second-order valence-electron chi connectivity index (χ2n) is 15.4. The quantitative estimate of drug-likeness (QED) is 0.160. The van der Waals surface area contributed by atoms with Crippen LogP contribution in [0.5, 0.6) is 5.75 Å². The number of esters is 1. The maximum absolute atomic E-state index is 14.2. The number of likely N-dealkylation sites (N-methyl/N-ethyl adjacent to an activating group) is 1. The molecular formula is C39H56ClN3O10S2. The molecule has 3 heterocycles. The summed E-state index contributed by atoms with van der Waals surface area (Å²) in [6.07, 6.45) is 3.81. The Morgan fingerprint density at radius 2 is 1.95 bits per heavy atom. The zero-order chi connectivity index (χ0) is 41.0. The molecule has 16 heteroatoms. The Kier molecular flexibility index (Phi) is 14.7. The molecule has 1 aromatic carbocycles. The van der Waals surface area contributed by atoms with E-state index in [0.29, 0.717) is 24.3 Å². The average Bonchev–Trinajstić information content (AvgIpc) is 3.82. The number of amides is 3. The highest BCUT2D eigenvalue weighted by Crippen LogP contribution is 2.49. The molecule has 1 unspecified atom stereocenters. The molecule has 4 rings (SSSR count). The van der Waals surface area contributed by atoms with Crippen LogP contribution in [-0.4, -0.2) is 115 Å². The standard InChI is InChI=1S/C39H56ClN3O10S2/c1-22-13-12-14-29(50-10)39(48)21-28(51-36(47)41-39)23(2)34-38(6,53-34)30(20-32(45)43(8)26-18-25(17-22)19-27(49-9)33(26)40)52-35(46)24(3)42(7)31(44)15-16-37(4,5)55-54-11/h12-14,18-19,23-24,28-30,34,48H,15-17,20-21H2,1-11H3,(H,41,47)/b14-12+,22-13+/t23-,24-,28+,29-,30+,34?,38+,39+/m1/s1. The van der Waals surface area contributed by atoms with E-state index in [1.165, 1.54) is 24.0 Å². The van der Waals surface area contributed by atoms with Crippen molar-refractivity contribution >= 4 is 62.8 Å². The first-order valence-electron chi connectivity index (χ1n) is 18.3. The maximum Gasteiger partial charge on any atom is 0.409 e. The third kappa shape index (κ3) is 10.5. The van der Waals surface area contributed by atoms with Gasteiger partial charge in [-0.3, -0.25) is 14.9 Å². The van der Waals surface area contributed by atoms with Crippen molar-refractivity contribution in [3.05, 3.63) is 46.5 Å². The summed E-state index contributed by atoms with van der Waals surface area (Å²) in [4.78, 5) is 56.9. The normalized spacial score (nSPS) is 30.8. The van der Waals surface area contributed by atoms with Gasteiger partial charge in [0.25, 0.3) is 0 Å². The lowest BCUT2D eigenvalue weighted by Crippen LogP contribution is -2.63. The molecule has 0 radical (unpaired) electrons. The number of methoxy groups -OCH3 is 2. The van der Waals surface area contributed by atoms with Gasteiger partial charge in [-0.15, -0.1) is 0 Å². The molecule has 55 heavy (non-hydrogen) atoms. The molecule has 0 aromatic heterocycles. The predicted molar refractivity (Wildman–Crippen MR) is 215 cm³/mol. The lowest BCUT2D eigenvalue weighted by Gasteiger charge is -2.42. The van der Waals surface area contributed by atoms with Crippen LogP contribution in [0.2, 0.25) is 5.02 Å². The number of fused-ring (bicyclic) bond motifs is 5. The molecule has 2 saturated heterocycles. The van der Waals surface area contributed by atoms with E-state index >= 15 is 0 Å². The van der Waals surface area contributed by atoms with Crippen molar-refractivity contribution in [2.24, 2.45) is 5.92 Å². The first-order chi connectivity index (χ1) is 25.7. The van der Waals surface area contributed by atoms with Gasteiger partial charge in [-0.05, 0) is 71.4 Å². The third-order valence-electron chi connectivity index (χ3n) is 10.8. The zero-order valence-electron chi connectivity index (χ0n) is 33.6. The number of anilines is 1. The Morgan fingerprint density at radius 1 is 1.25 bits per heavy atom. The van der Waals surface area contributed by atoms with Gasteiger partial charge in [0.2, 0.25) is 11.8 Å². The number of benzene rings is 1. The number of carbonyl (C=O) groups excluding carboxylic acids is 4. The molecule has 1 aromatic rings. The summed E-state index contributed by atoms with van der Waals surface area (Å²) in [7, 11) is 9.39. The first-order valence-corrected chi connectivity index (χ1v) is 21.2. The molecule has 0 aliphatic carbocycles. The second kappa shape index (κ2) is 18.1. The summed E-state index contributed by atoms with van der Waals surface area (Å²) in [5.41, 5.74) is -0.900. The van der Waals surface area contributed by atoms with Crippen molar-refractivity contribution < 1.29 is 48.0 Å². The van der Waals surface area contributed by atoms with Gasteiger partial charge in [-0.1, -0.05) is 63.9 Å². The fourth-order valence-electron chi connectivity index (χ4n) is 7.07. The van der Waals surface area contributed by atoms with Gasteiger partial charge in [-0.25, -0.2) is 9.59 Å². The van der Waals surface area contributed by atoms with Crippen LogP contribution in [0.25, 0.3) is 0 Å². The number of nitrogens with zero attached hydrogens (tertiary/aromatic N) is 2. The maximum atomic E-state index is 14.2. The molecule has 8 atom stereocenters. The lowest BCUT2D eigenvalue weighted by molar-refractivity contribution is -0.162. The molecule has 3 aliphatic rings. The third-order valence-corrected chi connectivity index (χ3v) is 13.8. The summed E-state index contributed by atoms with van der Waals surface area (Å²) in [5, 5.41) is 14.5. The van der Waals surface area contributed by atoms with Crippen LogP contribution in [0.1, 0.15) is 72.8 Å². The van der Waals surface area contributed by atoms with E-state index in [1.807, 2.05) is 26.2 Å². The van der Waals surface area contributed by atoms with Crippen LogP contribution in [0, 0.1) is 5.92 Å². The van der Waals surface area contributed by atoms with Gasteiger partial charge in [0, 0.05) is 44.7 Å². The molecular weight excluding hydrogens is 770 g/mol. The predicted octanol–water partition coefficient (Wildman–Crippen LogP) is 6.08. The number of epoxide rings is 1. The molecule has 3 aliphatic heterocycles. The number of alkyl carbamates (subject to hydrolysis) is 1. The molecule has 4 bridgehead atoms. The van der Waals surface area contributed by atoms with Gasteiger partial charge < -0.3 is 38.6 Å². The number of aliphatic hydroxyl groups is 1. The van der Waals surface area contributed by atoms with Crippen molar-refractivity contribution in [3.8, 4) is 5.75 Å². The van der Waals surface area contributed by atoms with Crippen molar-refractivity contribution in [1.29, 1.82) is 0 Å². The number of hydrogen-bond acceptors (Lipinski definition) is 12. The highest BCUT2D eigenvalue weighted by Gasteiger charge is 2.64. The minimum absolute atomic E-state index is 0.0478. The Labute approximate surface area is 337 Å². The van der Waals surface area contributed by atoms with Crippen molar-refractivity contribution in [3.63, 3.8) is 0 Å². The second-order valence-corrected chi connectivity index (χ2v) is 18.9. The highest BCUT2D eigenvalue weighted by atomic mass is 35.5. The molecule has 0 saturated carbocycles. The zero-order valence-corrected chi connectivity index (χ0v) is 36.0. The summed E-state index contributed by atoms with van der Waals surface area (Å²) in [6, 6.07) is 2.62. The van der Waals surface area contributed by atoms with E-state index < -0.39 is 65.7 Å². The molecule has 13 nitrogen and oxygen atoms in total. The fraction of sp³-hybridized carbons (Fsp3) is 0.641. The van der Waals surface area contributed by atoms with Gasteiger partial charge in [-0.2, -0.15) is 0 Å². The van der Waals surface area contributed by atoms with Crippen LogP contribution in [0.4, 0.5) is 10.5 Å². The number of allylic oxidation sites excluding steroid dienone is 3. The van der Waals surface area contributed by atoms with Gasteiger partial charge >= 0.3 is 12.1 Å². The molecule has 3 amide bonds. The van der Waals surface area contributed by atoms with Crippen molar-refractivity contribution in [2.45, 2.75) is 120 Å². The molecule has 2 N–H and O–H groups in total. The van der Waals surface area contributed by atoms with E-state index in [1.54, 1.807) is 73.8 Å². The number of carbonyl (C=O) groups is 4. The largest absolute Gasteiger partial charge is 0.495 e. The summed E-state index contributed by atoms with van der Waals surface area (Å²) in [6.45, 7) is 11.2. The summed E-state index contributed by atoms with van der Waals surface area (Å²) >= 11 is 6.78. The van der Waals surface area contributed by atoms with E-state index in [9.17, 15) is 24.3 Å². The van der Waals surface area contributed by atoms with Crippen LogP contribution in [0.15, 0.2) is 35.9 Å². The van der Waals surface area contributed by atoms with E-state index in [2.05, 4.69) is 19.2 Å². The fourth-order valence-corrected chi connectivity index (χ4v) is 9.62. The Bertz CT molecular complexity index is 1680. The van der Waals surface area contributed by atoms with E-state index in [-0.39, 0.29) is 34.9 Å². The van der Waals surface area contributed by atoms with Gasteiger partial charge in [0.15, 0.2) is 5.72 Å². The number of hydrogen-bond donors (Lipinski definition) is 2. The lowest BCUT2D eigenvalue weighted by atomic mass is 9.83. The van der Waals surface area contributed by atoms with Crippen molar-refractivity contribution in [1.82, 2.24) is 10.2 Å². The topological polar surface area (TPSA) is 156 Å². The first kappa shape index (κ1) is 44.8. The highest BCUT2D eigenvalue weighted by molar-refractivity contribution is 8.76. The van der Waals surface area contributed by atoms with Gasteiger partial charge in [0.1, 0.15) is 40.7 Å². The summed E-state index contributed by atoms with van der Waals surface area (Å²) in [5.74, 6) is -1.50. The van der Waals surface area contributed by atoms with Crippen LogP contribution >= 0.6 is 33.2 Å². The minimum atomic E-state index is -1.83. The van der Waals surface area contributed by atoms with Crippen LogP contribution in [-0.2, 0) is 39.8 Å². The smallest absolute Gasteiger partial charge is 0.409 e.